The molecule has 0 amide bonds. The van der Waals surface area contributed by atoms with E-state index in [0.29, 0.717) is 6.42 Å². The standard InChI is InChI=1S/C14H26N2O2/c1-4-5-6-7-8-9-14(17)18-13(2)16-11-10-15(3)12-16/h10-11,13H,4-9,12H2,1-3H3. The van der Waals surface area contributed by atoms with Gasteiger partial charge in [0, 0.05) is 25.9 Å². The smallest absolute Gasteiger partial charge is 0.307 e. The van der Waals surface area contributed by atoms with Crippen LogP contribution in [-0.4, -0.2) is 35.7 Å². The zero-order valence-corrected chi connectivity index (χ0v) is 11.9. The van der Waals surface area contributed by atoms with Crippen LogP contribution in [0.2, 0.25) is 0 Å². The van der Waals surface area contributed by atoms with Crippen LogP contribution in [0.15, 0.2) is 12.4 Å². The number of rotatable bonds is 8. The Morgan fingerprint density at radius 2 is 2.00 bits per heavy atom. The maximum atomic E-state index is 11.6. The fourth-order valence-electron chi connectivity index (χ4n) is 1.98. The normalized spacial score (nSPS) is 16.2. The second-order valence-electron chi connectivity index (χ2n) is 4.96. The Bertz CT molecular complexity index is 279. The van der Waals surface area contributed by atoms with Crippen LogP contribution in [0.3, 0.4) is 0 Å². The Morgan fingerprint density at radius 3 is 2.61 bits per heavy atom. The summed E-state index contributed by atoms with van der Waals surface area (Å²) in [6.07, 6.45) is 10.1. The largest absolute Gasteiger partial charge is 0.442 e. The molecule has 0 bridgehead atoms. The van der Waals surface area contributed by atoms with E-state index in [9.17, 15) is 4.79 Å². The fraction of sp³-hybridized carbons (Fsp3) is 0.786. The molecule has 1 rings (SSSR count). The molecule has 1 unspecified atom stereocenters. The van der Waals surface area contributed by atoms with E-state index in [1.54, 1.807) is 0 Å². The Morgan fingerprint density at radius 1 is 1.28 bits per heavy atom. The average Bonchev–Trinajstić information content (AvgIpc) is 2.75. The van der Waals surface area contributed by atoms with Crippen molar-refractivity contribution in [3.63, 3.8) is 0 Å². The van der Waals surface area contributed by atoms with Gasteiger partial charge in [-0.2, -0.15) is 0 Å². The second kappa shape index (κ2) is 8.01. The molecule has 0 spiro atoms. The van der Waals surface area contributed by atoms with Crippen molar-refractivity contribution in [2.24, 2.45) is 0 Å². The van der Waals surface area contributed by atoms with Crippen molar-refractivity contribution in [2.75, 3.05) is 13.7 Å². The monoisotopic (exact) mass is 254 g/mol. The maximum Gasteiger partial charge on any atom is 0.307 e. The number of unbranched alkanes of at least 4 members (excludes halogenated alkanes) is 4. The van der Waals surface area contributed by atoms with Gasteiger partial charge < -0.3 is 14.5 Å². The first-order valence-electron chi connectivity index (χ1n) is 6.97. The highest BCUT2D eigenvalue weighted by atomic mass is 16.6. The minimum absolute atomic E-state index is 0.0815. The highest BCUT2D eigenvalue weighted by Gasteiger charge is 2.18. The number of esters is 1. The summed E-state index contributed by atoms with van der Waals surface area (Å²) in [5.41, 5.74) is 0. The van der Waals surface area contributed by atoms with Gasteiger partial charge in [-0.05, 0) is 13.3 Å². The van der Waals surface area contributed by atoms with Crippen LogP contribution in [0.4, 0.5) is 0 Å². The van der Waals surface area contributed by atoms with E-state index >= 15 is 0 Å². The summed E-state index contributed by atoms with van der Waals surface area (Å²) in [4.78, 5) is 15.7. The minimum atomic E-state index is -0.172. The van der Waals surface area contributed by atoms with E-state index in [1.165, 1.54) is 19.3 Å². The van der Waals surface area contributed by atoms with Crippen molar-refractivity contribution >= 4 is 5.97 Å². The lowest BCUT2D eigenvalue weighted by molar-refractivity contribution is -0.155. The van der Waals surface area contributed by atoms with E-state index in [-0.39, 0.29) is 12.2 Å². The predicted molar refractivity (Wildman–Crippen MR) is 72.5 cm³/mol. The summed E-state index contributed by atoms with van der Waals surface area (Å²) in [5.74, 6) is -0.0815. The first-order chi connectivity index (χ1) is 8.63. The third-order valence-corrected chi connectivity index (χ3v) is 3.15. The van der Waals surface area contributed by atoms with E-state index in [0.717, 1.165) is 19.5 Å². The lowest BCUT2D eigenvalue weighted by atomic mass is 10.1. The first-order valence-corrected chi connectivity index (χ1v) is 6.97. The van der Waals surface area contributed by atoms with Gasteiger partial charge in [0.25, 0.3) is 0 Å². The molecule has 4 nitrogen and oxygen atoms in total. The molecule has 4 heteroatoms. The van der Waals surface area contributed by atoms with Crippen molar-refractivity contribution in [2.45, 2.75) is 58.6 Å². The fourth-order valence-corrected chi connectivity index (χ4v) is 1.98. The third kappa shape index (κ3) is 5.43. The molecule has 0 N–H and O–H groups in total. The van der Waals surface area contributed by atoms with Gasteiger partial charge in [-0.25, -0.2) is 0 Å². The summed E-state index contributed by atoms with van der Waals surface area (Å²) >= 11 is 0. The zero-order chi connectivity index (χ0) is 13.4. The van der Waals surface area contributed by atoms with Gasteiger partial charge in [0.1, 0.15) is 0 Å². The lowest BCUT2D eigenvalue weighted by Crippen LogP contribution is -2.34. The summed E-state index contributed by atoms with van der Waals surface area (Å²) in [6, 6.07) is 0. The number of hydrogen-bond donors (Lipinski definition) is 0. The number of nitrogens with zero attached hydrogens (tertiary/aromatic N) is 2. The Balaban J connectivity index is 2.10. The van der Waals surface area contributed by atoms with Crippen molar-refractivity contribution in [1.29, 1.82) is 0 Å². The van der Waals surface area contributed by atoms with Crippen molar-refractivity contribution in [3.8, 4) is 0 Å². The highest BCUT2D eigenvalue weighted by molar-refractivity contribution is 5.69. The van der Waals surface area contributed by atoms with Gasteiger partial charge in [0.2, 0.25) is 0 Å². The molecular formula is C14H26N2O2. The lowest BCUT2D eigenvalue weighted by Gasteiger charge is -2.25. The molecule has 104 valence electrons. The SMILES string of the molecule is CCCCCCCC(=O)OC(C)N1C=CN(C)C1. The second-order valence-corrected chi connectivity index (χ2v) is 4.96. The van der Waals surface area contributed by atoms with E-state index in [4.69, 9.17) is 4.74 Å². The molecule has 0 aliphatic carbocycles. The zero-order valence-electron chi connectivity index (χ0n) is 11.9. The summed E-state index contributed by atoms with van der Waals surface area (Å²) in [6.45, 7) is 4.89. The molecule has 0 aromatic heterocycles. The van der Waals surface area contributed by atoms with Crippen LogP contribution in [0.1, 0.15) is 52.4 Å². The van der Waals surface area contributed by atoms with Crippen LogP contribution in [0, 0.1) is 0 Å². The molecule has 0 fully saturated rings. The Labute approximate surface area is 111 Å². The molecular weight excluding hydrogens is 228 g/mol. The molecule has 1 atom stereocenters. The van der Waals surface area contributed by atoms with Gasteiger partial charge in [-0.1, -0.05) is 32.6 Å². The molecule has 0 radical (unpaired) electrons. The van der Waals surface area contributed by atoms with Crippen molar-refractivity contribution in [3.05, 3.63) is 12.4 Å². The summed E-state index contributed by atoms with van der Waals surface area (Å²) in [5, 5.41) is 0. The number of carbonyl (C=O) groups excluding carboxylic acids is 1. The number of carbonyl (C=O) groups is 1. The molecule has 1 heterocycles. The van der Waals surface area contributed by atoms with Crippen LogP contribution < -0.4 is 0 Å². The maximum absolute atomic E-state index is 11.6. The van der Waals surface area contributed by atoms with Crippen molar-refractivity contribution < 1.29 is 9.53 Å². The molecule has 1 aliphatic rings. The van der Waals surface area contributed by atoms with Crippen LogP contribution >= 0.6 is 0 Å². The molecule has 1 aliphatic heterocycles. The molecule has 0 saturated carbocycles. The Hall–Kier alpha value is -1.19. The van der Waals surface area contributed by atoms with Crippen LogP contribution in [0.5, 0.6) is 0 Å². The average molecular weight is 254 g/mol. The molecule has 0 saturated heterocycles. The third-order valence-electron chi connectivity index (χ3n) is 3.15. The van der Waals surface area contributed by atoms with Gasteiger partial charge in [0.05, 0.1) is 6.67 Å². The van der Waals surface area contributed by atoms with Gasteiger partial charge in [-0.15, -0.1) is 0 Å². The van der Waals surface area contributed by atoms with Crippen LogP contribution in [-0.2, 0) is 9.53 Å². The van der Waals surface area contributed by atoms with E-state index in [2.05, 4.69) is 11.8 Å². The quantitative estimate of drug-likeness (QED) is 0.492. The summed E-state index contributed by atoms with van der Waals surface area (Å²) in [7, 11) is 2.00. The van der Waals surface area contributed by atoms with Gasteiger partial charge in [0.15, 0.2) is 6.23 Å². The number of hydrogen-bond acceptors (Lipinski definition) is 4. The van der Waals surface area contributed by atoms with E-state index in [1.807, 2.05) is 31.3 Å². The molecule has 0 aromatic rings. The van der Waals surface area contributed by atoms with Gasteiger partial charge >= 0.3 is 5.97 Å². The van der Waals surface area contributed by atoms with Crippen molar-refractivity contribution in [1.82, 2.24) is 9.80 Å². The molecule has 18 heavy (non-hydrogen) atoms. The first kappa shape index (κ1) is 14.9. The van der Waals surface area contributed by atoms with Gasteiger partial charge in [-0.3, -0.25) is 4.79 Å². The topological polar surface area (TPSA) is 32.8 Å². The predicted octanol–water partition coefficient (Wildman–Crippen LogP) is 2.91. The highest BCUT2D eigenvalue weighted by Crippen LogP contribution is 2.12. The van der Waals surface area contributed by atoms with Crippen LogP contribution in [0.25, 0.3) is 0 Å². The van der Waals surface area contributed by atoms with E-state index < -0.39 is 0 Å². The minimum Gasteiger partial charge on any atom is -0.442 e. The number of ether oxygens (including phenoxy) is 1. The Kier molecular flexibility index (Phi) is 6.61. The molecule has 0 aromatic carbocycles. The summed E-state index contributed by atoms with van der Waals surface area (Å²) < 4.78 is 5.40.